The third kappa shape index (κ3) is 4.51. The van der Waals surface area contributed by atoms with E-state index in [0.717, 1.165) is 12.1 Å². The minimum Gasteiger partial charge on any atom is -0.496 e. The molecule has 140 valence electrons. The molecule has 0 spiro atoms. The normalized spacial score (nSPS) is 10.6. The fourth-order valence-electron chi connectivity index (χ4n) is 2.58. The predicted octanol–water partition coefficient (Wildman–Crippen LogP) is 4.95. The van der Waals surface area contributed by atoms with Gasteiger partial charge in [0.1, 0.15) is 17.3 Å². The van der Waals surface area contributed by atoms with Crippen LogP contribution < -0.4 is 9.47 Å². The van der Waals surface area contributed by atoms with Gasteiger partial charge < -0.3 is 9.47 Å². The van der Waals surface area contributed by atoms with E-state index in [0.29, 0.717) is 16.9 Å². The van der Waals surface area contributed by atoms with Crippen molar-refractivity contribution in [2.75, 3.05) is 7.11 Å². The number of benzene rings is 3. The first-order valence-corrected chi connectivity index (χ1v) is 8.50. The summed E-state index contributed by atoms with van der Waals surface area (Å²) in [6.07, 6.45) is 2.85. The van der Waals surface area contributed by atoms with Crippen LogP contribution in [-0.4, -0.2) is 18.9 Å². The standard InChI is InChI=1S/C23H17FO4/c1-27-21-10-6-5-7-16(21)11-13-20(25)19-15-18(24)12-14-22(19)28-23(26)17-8-3-2-4-9-17/h2-15H,1H3. The summed E-state index contributed by atoms with van der Waals surface area (Å²) in [7, 11) is 1.53. The van der Waals surface area contributed by atoms with Crippen LogP contribution in [0.3, 0.4) is 0 Å². The molecule has 0 bridgehead atoms. The van der Waals surface area contributed by atoms with Crippen molar-refractivity contribution in [3.63, 3.8) is 0 Å². The molecule has 28 heavy (non-hydrogen) atoms. The van der Waals surface area contributed by atoms with Gasteiger partial charge in [-0.2, -0.15) is 0 Å². The number of ketones is 1. The first-order valence-electron chi connectivity index (χ1n) is 8.50. The average Bonchev–Trinajstić information content (AvgIpc) is 2.74. The zero-order valence-corrected chi connectivity index (χ0v) is 15.1. The molecule has 0 aliphatic carbocycles. The number of halogens is 1. The maximum Gasteiger partial charge on any atom is 0.343 e. The highest BCUT2D eigenvalue weighted by Gasteiger charge is 2.16. The van der Waals surface area contributed by atoms with E-state index in [4.69, 9.17) is 9.47 Å². The summed E-state index contributed by atoms with van der Waals surface area (Å²) in [6.45, 7) is 0. The Bertz CT molecular complexity index is 1030. The SMILES string of the molecule is COc1ccccc1C=CC(=O)c1cc(F)ccc1OC(=O)c1ccccc1. The maximum absolute atomic E-state index is 13.7. The van der Waals surface area contributed by atoms with E-state index < -0.39 is 17.6 Å². The minimum absolute atomic E-state index is 0.00932. The van der Waals surface area contributed by atoms with Crippen molar-refractivity contribution < 1.29 is 23.5 Å². The lowest BCUT2D eigenvalue weighted by molar-refractivity contribution is 0.0733. The van der Waals surface area contributed by atoms with Gasteiger partial charge in [0.2, 0.25) is 0 Å². The molecular weight excluding hydrogens is 359 g/mol. The second-order valence-electron chi connectivity index (χ2n) is 5.84. The predicted molar refractivity (Wildman–Crippen MR) is 104 cm³/mol. The maximum atomic E-state index is 13.7. The lowest BCUT2D eigenvalue weighted by atomic mass is 10.1. The highest BCUT2D eigenvalue weighted by molar-refractivity contribution is 6.09. The molecule has 5 heteroatoms. The number of hydrogen-bond donors (Lipinski definition) is 0. The number of rotatable bonds is 6. The van der Waals surface area contributed by atoms with Gasteiger partial charge in [-0.05, 0) is 48.6 Å². The summed E-state index contributed by atoms with van der Waals surface area (Å²) in [5.74, 6) is -1.14. The Labute approximate surface area is 161 Å². The molecule has 0 unspecified atom stereocenters. The lowest BCUT2D eigenvalue weighted by Crippen LogP contribution is -2.11. The van der Waals surface area contributed by atoms with Crippen LogP contribution in [0.1, 0.15) is 26.3 Å². The number of methoxy groups -OCH3 is 1. The van der Waals surface area contributed by atoms with E-state index in [1.807, 2.05) is 12.1 Å². The number of esters is 1. The van der Waals surface area contributed by atoms with Crippen molar-refractivity contribution in [2.24, 2.45) is 0 Å². The van der Waals surface area contributed by atoms with Crippen molar-refractivity contribution in [2.45, 2.75) is 0 Å². The summed E-state index contributed by atoms with van der Waals surface area (Å²) in [4.78, 5) is 24.9. The third-order valence-corrected chi connectivity index (χ3v) is 3.97. The molecule has 3 aromatic carbocycles. The van der Waals surface area contributed by atoms with Gasteiger partial charge in [0, 0.05) is 5.56 Å². The molecule has 3 rings (SSSR count). The third-order valence-electron chi connectivity index (χ3n) is 3.97. The van der Waals surface area contributed by atoms with Crippen LogP contribution in [-0.2, 0) is 0 Å². The van der Waals surface area contributed by atoms with Crippen molar-refractivity contribution in [3.8, 4) is 11.5 Å². The molecule has 0 saturated carbocycles. The van der Waals surface area contributed by atoms with Crippen molar-refractivity contribution >= 4 is 17.8 Å². The summed E-state index contributed by atoms with van der Waals surface area (Å²) in [5, 5.41) is 0. The summed E-state index contributed by atoms with van der Waals surface area (Å²) >= 11 is 0. The van der Waals surface area contributed by atoms with Crippen LogP contribution in [0.15, 0.2) is 78.9 Å². The van der Waals surface area contributed by atoms with E-state index in [1.54, 1.807) is 48.5 Å². The zero-order chi connectivity index (χ0) is 19.9. The van der Waals surface area contributed by atoms with Gasteiger partial charge in [-0.1, -0.05) is 36.4 Å². The highest BCUT2D eigenvalue weighted by Crippen LogP contribution is 2.24. The number of ether oxygens (including phenoxy) is 2. The summed E-state index contributed by atoms with van der Waals surface area (Å²) < 4.78 is 24.3. The quantitative estimate of drug-likeness (QED) is 0.264. The number of carbonyl (C=O) groups is 2. The fourth-order valence-corrected chi connectivity index (χ4v) is 2.58. The van der Waals surface area contributed by atoms with E-state index in [1.165, 1.54) is 19.3 Å². The van der Waals surface area contributed by atoms with Gasteiger partial charge in [0.25, 0.3) is 0 Å². The topological polar surface area (TPSA) is 52.6 Å². The minimum atomic E-state index is -0.630. The smallest absolute Gasteiger partial charge is 0.343 e. The molecule has 0 N–H and O–H groups in total. The van der Waals surface area contributed by atoms with E-state index in [9.17, 15) is 14.0 Å². The van der Waals surface area contributed by atoms with Crippen LogP contribution in [0.5, 0.6) is 11.5 Å². The van der Waals surface area contributed by atoms with Crippen LogP contribution in [0.2, 0.25) is 0 Å². The van der Waals surface area contributed by atoms with E-state index in [2.05, 4.69) is 0 Å². The molecule has 0 aromatic heterocycles. The molecule has 0 atom stereocenters. The van der Waals surface area contributed by atoms with Gasteiger partial charge >= 0.3 is 5.97 Å². The molecule has 0 radical (unpaired) electrons. The van der Waals surface area contributed by atoms with Crippen LogP contribution in [0.25, 0.3) is 6.08 Å². The Morgan fingerprint density at radius 1 is 0.893 bits per heavy atom. The lowest BCUT2D eigenvalue weighted by Gasteiger charge is -2.09. The molecule has 3 aromatic rings. The number of para-hydroxylation sites is 1. The average molecular weight is 376 g/mol. The zero-order valence-electron chi connectivity index (χ0n) is 15.1. The Kier molecular flexibility index (Phi) is 5.97. The van der Waals surface area contributed by atoms with Gasteiger partial charge in [0.15, 0.2) is 5.78 Å². The molecule has 0 fully saturated rings. The van der Waals surface area contributed by atoms with Gasteiger partial charge in [0.05, 0.1) is 18.2 Å². The van der Waals surface area contributed by atoms with Crippen molar-refractivity contribution in [1.82, 2.24) is 0 Å². The largest absolute Gasteiger partial charge is 0.496 e. The second kappa shape index (κ2) is 8.77. The molecule has 0 aliphatic heterocycles. The van der Waals surface area contributed by atoms with Crippen LogP contribution >= 0.6 is 0 Å². The van der Waals surface area contributed by atoms with E-state index >= 15 is 0 Å². The Hall–Kier alpha value is -3.73. The first kappa shape index (κ1) is 19.0. The van der Waals surface area contributed by atoms with Crippen LogP contribution in [0, 0.1) is 5.82 Å². The number of hydrogen-bond acceptors (Lipinski definition) is 4. The number of carbonyl (C=O) groups excluding carboxylic acids is 2. The fraction of sp³-hybridized carbons (Fsp3) is 0.0435. The first-order chi connectivity index (χ1) is 13.6. The summed E-state index contributed by atoms with van der Waals surface area (Å²) in [6, 6.07) is 19.0. The van der Waals surface area contributed by atoms with Gasteiger partial charge in [-0.25, -0.2) is 9.18 Å². The van der Waals surface area contributed by atoms with Gasteiger partial charge in [-0.15, -0.1) is 0 Å². The molecule has 0 heterocycles. The Balaban J connectivity index is 1.87. The van der Waals surface area contributed by atoms with Crippen LogP contribution in [0.4, 0.5) is 4.39 Å². The molecule has 0 saturated heterocycles. The van der Waals surface area contributed by atoms with E-state index in [-0.39, 0.29) is 11.3 Å². The molecule has 0 aliphatic rings. The molecular formula is C23H17FO4. The van der Waals surface area contributed by atoms with Crippen molar-refractivity contribution in [3.05, 3.63) is 101 Å². The number of allylic oxidation sites excluding steroid dienone is 1. The second-order valence-corrected chi connectivity index (χ2v) is 5.84. The van der Waals surface area contributed by atoms with Gasteiger partial charge in [-0.3, -0.25) is 4.79 Å². The monoisotopic (exact) mass is 376 g/mol. The van der Waals surface area contributed by atoms with Crippen molar-refractivity contribution in [1.29, 1.82) is 0 Å². The Morgan fingerprint density at radius 2 is 1.61 bits per heavy atom. The highest BCUT2D eigenvalue weighted by atomic mass is 19.1. The molecule has 4 nitrogen and oxygen atoms in total. The Morgan fingerprint density at radius 3 is 2.36 bits per heavy atom. The summed E-state index contributed by atoms with van der Waals surface area (Å²) in [5.41, 5.74) is 0.975. The molecule has 0 amide bonds.